The van der Waals surface area contributed by atoms with E-state index in [1.807, 2.05) is 0 Å². The topological polar surface area (TPSA) is 73.2 Å². The second kappa shape index (κ2) is 7.56. The molecule has 1 heterocycles. The molecule has 106 valence electrons. The van der Waals surface area contributed by atoms with E-state index in [1.165, 1.54) is 17.1 Å². The van der Waals surface area contributed by atoms with Gasteiger partial charge in [-0.25, -0.2) is 4.79 Å². The molecular weight excluding hydrogens is 246 g/mol. The average molecular weight is 267 g/mol. The number of ether oxygens (including phenoxy) is 1. The summed E-state index contributed by atoms with van der Waals surface area (Å²) in [7, 11) is 0. The predicted molar refractivity (Wildman–Crippen MR) is 70.8 cm³/mol. The van der Waals surface area contributed by atoms with E-state index in [-0.39, 0.29) is 5.91 Å². The van der Waals surface area contributed by atoms with Gasteiger partial charge in [0.2, 0.25) is 5.91 Å². The van der Waals surface area contributed by atoms with Crippen molar-refractivity contribution in [3.05, 3.63) is 18.0 Å². The van der Waals surface area contributed by atoms with E-state index >= 15 is 0 Å². The fraction of sp³-hybridized carbons (Fsp3) is 0.615. The molecule has 0 aromatic carbocycles. The Balaban J connectivity index is 2.59. The van der Waals surface area contributed by atoms with Crippen LogP contribution in [0.4, 0.5) is 0 Å². The highest BCUT2D eigenvalue weighted by atomic mass is 16.5. The molecule has 6 nitrogen and oxygen atoms in total. The van der Waals surface area contributed by atoms with E-state index in [4.69, 9.17) is 4.74 Å². The van der Waals surface area contributed by atoms with Crippen molar-refractivity contribution in [1.82, 2.24) is 15.1 Å². The molecule has 1 atom stereocenters. The normalized spacial score (nSPS) is 11.9. The third kappa shape index (κ3) is 4.39. The third-order valence-electron chi connectivity index (χ3n) is 2.72. The molecule has 1 unspecified atom stereocenters. The van der Waals surface area contributed by atoms with Crippen molar-refractivity contribution in [1.29, 1.82) is 0 Å². The smallest absolute Gasteiger partial charge is 0.341 e. The standard InChI is InChI=1S/C13H21N3O3/c1-4-6-7-14-12(17)10(3)16-9-11(8-15-16)13(18)19-5-2/h8-10H,4-7H2,1-3H3,(H,14,17). The molecule has 1 N–H and O–H groups in total. The van der Waals surface area contributed by atoms with Crippen LogP contribution in [-0.2, 0) is 9.53 Å². The van der Waals surface area contributed by atoms with Gasteiger partial charge in [-0.05, 0) is 20.3 Å². The van der Waals surface area contributed by atoms with Gasteiger partial charge in [-0.3, -0.25) is 9.48 Å². The average Bonchev–Trinajstić information content (AvgIpc) is 2.88. The largest absolute Gasteiger partial charge is 0.462 e. The molecule has 1 rings (SSSR count). The van der Waals surface area contributed by atoms with Crippen LogP contribution in [0.15, 0.2) is 12.4 Å². The number of nitrogens with zero attached hydrogens (tertiary/aromatic N) is 2. The van der Waals surface area contributed by atoms with E-state index < -0.39 is 12.0 Å². The fourth-order valence-corrected chi connectivity index (χ4v) is 1.53. The lowest BCUT2D eigenvalue weighted by atomic mass is 10.3. The number of hydrogen-bond donors (Lipinski definition) is 1. The SMILES string of the molecule is CCCCNC(=O)C(C)n1cc(C(=O)OCC)cn1. The third-order valence-corrected chi connectivity index (χ3v) is 2.72. The van der Waals surface area contributed by atoms with Crippen molar-refractivity contribution in [2.75, 3.05) is 13.2 Å². The van der Waals surface area contributed by atoms with Gasteiger partial charge in [0.15, 0.2) is 0 Å². The number of rotatable bonds is 7. The number of carbonyl (C=O) groups excluding carboxylic acids is 2. The van der Waals surface area contributed by atoms with E-state index in [1.54, 1.807) is 13.8 Å². The molecule has 0 bridgehead atoms. The lowest BCUT2D eigenvalue weighted by Gasteiger charge is -2.12. The molecule has 1 amide bonds. The Morgan fingerprint density at radius 1 is 1.47 bits per heavy atom. The number of esters is 1. The molecule has 1 aromatic rings. The van der Waals surface area contributed by atoms with Crippen molar-refractivity contribution >= 4 is 11.9 Å². The second-order valence-corrected chi connectivity index (χ2v) is 4.25. The molecule has 6 heteroatoms. The zero-order valence-corrected chi connectivity index (χ0v) is 11.7. The van der Waals surface area contributed by atoms with Crippen LogP contribution in [-0.4, -0.2) is 34.8 Å². The quantitative estimate of drug-likeness (QED) is 0.600. The van der Waals surface area contributed by atoms with Crippen LogP contribution in [0.5, 0.6) is 0 Å². The van der Waals surface area contributed by atoms with Crippen molar-refractivity contribution in [2.24, 2.45) is 0 Å². The van der Waals surface area contributed by atoms with Crippen molar-refractivity contribution in [2.45, 2.75) is 39.7 Å². The lowest BCUT2D eigenvalue weighted by molar-refractivity contribution is -0.124. The Morgan fingerprint density at radius 3 is 2.84 bits per heavy atom. The number of unbranched alkanes of at least 4 members (excludes halogenated alkanes) is 1. The highest BCUT2D eigenvalue weighted by Gasteiger charge is 2.17. The molecule has 0 fully saturated rings. The van der Waals surface area contributed by atoms with E-state index in [9.17, 15) is 9.59 Å². The Morgan fingerprint density at radius 2 is 2.21 bits per heavy atom. The Labute approximate surface area is 113 Å². The first-order valence-corrected chi connectivity index (χ1v) is 6.59. The molecule has 0 saturated carbocycles. The number of hydrogen-bond acceptors (Lipinski definition) is 4. The molecule has 1 aromatic heterocycles. The van der Waals surface area contributed by atoms with Crippen molar-refractivity contribution in [3.63, 3.8) is 0 Å². The maximum Gasteiger partial charge on any atom is 0.341 e. The van der Waals surface area contributed by atoms with Gasteiger partial charge in [0.1, 0.15) is 6.04 Å². The highest BCUT2D eigenvalue weighted by Crippen LogP contribution is 2.08. The number of nitrogens with one attached hydrogen (secondary N) is 1. The molecule has 0 aliphatic heterocycles. The lowest BCUT2D eigenvalue weighted by Crippen LogP contribution is -2.31. The predicted octanol–water partition coefficient (Wildman–Crippen LogP) is 1.54. The van der Waals surface area contributed by atoms with Crippen molar-refractivity contribution < 1.29 is 14.3 Å². The van der Waals surface area contributed by atoms with Crippen LogP contribution in [0, 0.1) is 0 Å². The van der Waals surface area contributed by atoms with Gasteiger partial charge in [0.25, 0.3) is 0 Å². The molecule has 0 spiro atoms. The summed E-state index contributed by atoms with van der Waals surface area (Å²) in [4.78, 5) is 23.3. The molecule has 0 radical (unpaired) electrons. The summed E-state index contributed by atoms with van der Waals surface area (Å²) in [6, 6.07) is -0.444. The number of carbonyl (C=O) groups is 2. The molecule has 0 aliphatic carbocycles. The fourth-order valence-electron chi connectivity index (χ4n) is 1.53. The molecular formula is C13H21N3O3. The minimum atomic E-state index is -0.444. The van der Waals surface area contributed by atoms with Gasteiger partial charge in [0, 0.05) is 12.7 Å². The summed E-state index contributed by atoms with van der Waals surface area (Å²) in [6.45, 7) is 6.52. The van der Waals surface area contributed by atoms with Gasteiger partial charge in [0.05, 0.1) is 18.4 Å². The van der Waals surface area contributed by atoms with Crippen LogP contribution >= 0.6 is 0 Å². The summed E-state index contributed by atoms with van der Waals surface area (Å²) < 4.78 is 6.33. The number of aromatic nitrogens is 2. The van der Waals surface area contributed by atoms with Gasteiger partial charge in [-0.1, -0.05) is 13.3 Å². The molecule has 19 heavy (non-hydrogen) atoms. The summed E-state index contributed by atoms with van der Waals surface area (Å²) >= 11 is 0. The maximum absolute atomic E-state index is 11.8. The van der Waals surface area contributed by atoms with Crippen molar-refractivity contribution in [3.8, 4) is 0 Å². The van der Waals surface area contributed by atoms with Crippen LogP contribution < -0.4 is 5.32 Å². The zero-order valence-electron chi connectivity index (χ0n) is 11.7. The van der Waals surface area contributed by atoms with Gasteiger partial charge in [-0.2, -0.15) is 5.10 Å². The molecule has 0 saturated heterocycles. The van der Waals surface area contributed by atoms with E-state index in [0.29, 0.717) is 18.7 Å². The first-order valence-electron chi connectivity index (χ1n) is 6.59. The minimum absolute atomic E-state index is 0.105. The first kappa shape index (κ1) is 15.2. The number of amides is 1. The van der Waals surface area contributed by atoms with Gasteiger partial charge < -0.3 is 10.1 Å². The summed E-state index contributed by atoms with van der Waals surface area (Å²) in [5, 5.41) is 6.85. The summed E-state index contributed by atoms with van der Waals surface area (Å²) in [5.74, 6) is -0.528. The van der Waals surface area contributed by atoms with Crippen LogP contribution in [0.1, 0.15) is 50.0 Å². The Bertz CT molecular complexity index is 429. The monoisotopic (exact) mass is 267 g/mol. The maximum atomic E-state index is 11.8. The van der Waals surface area contributed by atoms with Gasteiger partial charge >= 0.3 is 5.97 Å². The second-order valence-electron chi connectivity index (χ2n) is 4.25. The molecule has 0 aliphatic rings. The van der Waals surface area contributed by atoms with Crippen LogP contribution in [0.25, 0.3) is 0 Å². The highest BCUT2D eigenvalue weighted by molar-refractivity contribution is 5.89. The van der Waals surface area contributed by atoms with E-state index in [2.05, 4.69) is 17.3 Å². The Kier molecular flexibility index (Phi) is 6.05. The summed E-state index contributed by atoms with van der Waals surface area (Å²) in [5.41, 5.74) is 0.357. The van der Waals surface area contributed by atoms with Crippen LogP contribution in [0.2, 0.25) is 0 Å². The van der Waals surface area contributed by atoms with E-state index in [0.717, 1.165) is 12.8 Å². The van der Waals surface area contributed by atoms with Crippen LogP contribution in [0.3, 0.4) is 0 Å². The van der Waals surface area contributed by atoms with Gasteiger partial charge in [-0.15, -0.1) is 0 Å². The Hall–Kier alpha value is -1.85. The minimum Gasteiger partial charge on any atom is -0.462 e. The first-order chi connectivity index (χ1) is 9.10. The zero-order chi connectivity index (χ0) is 14.3. The summed E-state index contributed by atoms with van der Waals surface area (Å²) in [6.07, 6.45) is 4.92.